The third-order valence-corrected chi connectivity index (χ3v) is 4.17. The zero-order valence-electron chi connectivity index (χ0n) is 11.1. The van der Waals surface area contributed by atoms with Crippen molar-refractivity contribution in [3.8, 4) is 0 Å². The lowest BCUT2D eigenvalue weighted by atomic mass is 10.2. The Morgan fingerprint density at radius 1 is 1.32 bits per heavy atom. The van der Waals surface area contributed by atoms with Crippen LogP contribution >= 0.6 is 11.3 Å². The van der Waals surface area contributed by atoms with E-state index in [4.69, 9.17) is 0 Å². The average Bonchev–Trinajstić information content (AvgIpc) is 3.05. The molecule has 1 aliphatic heterocycles. The molecule has 100 valence electrons. The van der Waals surface area contributed by atoms with Crippen LogP contribution in [0.3, 0.4) is 0 Å². The summed E-state index contributed by atoms with van der Waals surface area (Å²) in [6, 6.07) is 8.62. The van der Waals surface area contributed by atoms with E-state index in [1.807, 2.05) is 0 Å². The SMILES string of the molecule is CCCNc1nnc(CN2CCc3ccccc32)s1. The second kappa shape index (κ2) is 5.57. The normalized spacial score (nSPS) is 13.6. The van der Waals surface area contributed by atoms with Crippen LogP contribution in [0.5, 0.6) is 0 Å². The molecule has 0 saturated heterocycles. The molecule has 2 heterocycles. The van der Waals surface area contributed by atoms with Gasteiger partial charge in [-0.15, -0.1) is 10.2 Å². The number of para-hydroxylation sites is 1. The van der Waals surface area contributed by atoms with Crippen molar-refractivity contribution in [2.45, 2.75) is 26.3 Å². The molecule has 0 atom stereocenters. The summed E-state index contributed by atoms with van der Waals surface area (Å²) in [5.41, 5.74) is 2.79. The van der Waals surface area contributed by atoms with Crippen molar-refractivity contribution in [3.05, 3.63) is 34.8 Å². The van der Waals surface area contributed by atoms with Gasteiger partial charge in [-0.2, -0.15) is 0 Å². The van der Waals surface area contributed by atoms with E-state index in [0.717, 1.165) is 42.6 Å². The topological polar surface area (TPSA) is 41.1 Å². The fraction of sp³-hybridized carbons (Fsp3) is 0.429. The van der Waals surface area contributed by atoms with Gasteiger partial charge in [0.25, 0.3) is 0 Å². The van der Waals surface area contributed by atoms with Crippen molar-refractivity contribution in [2.24, 2.45) is 0 Å². The van der Waals surface area contributed by atoms with Gasteiger partial charge in [-0.1, -0.05) is 36.5 Å². The van der Waals surface area contributed by atoms with Crippen LogP contribution in [-0.2, 0) is 13.0 Å². The maximum absolute atomic E-state index is 4.27. The molecule has 0 bridgehead atoms. The summed E-state index contributed by atoms with van der Waals surface area (Å²) in [4.78, 5) is 2.39. The number of hydrogen-bond donors (Lipinski definition) is 1. The second-order valence-corrected chi connectivity index (χ2v) is 5.79. The largest absolute Gasteiger partial charge is 0.364 e. The molecule has 2 aromatic rings. The first-order chi connectivity index (χ1) is 9.36. The summed E-state index contributed by atoms with van der Waals surface area (Å²) in [5, 5.41) is 13.8. The van der Waals surface area contributed by atoms with Gasteiger partial charge in [-0.3, -0.25) is 0 Å². The molecule has 1 aromatic carbocycles. The molecule has 0 unspecified atom stereocenters. The highest BCUT2D eigenvalue weighted by Gasteiger charge is 2.19. The van der Waals surface area contributed by atoms with Crippen LogP contribution < -0.4 is 10.2 Å². The van der Waals surface area contributed by atoms with Crippen LogP contribution in [0.4, 0.5) is 10.8 Å². The first-order valence-electron chi connectivity index (χ1n) is 6.76. The Morgan fingerprint density at radius 3 is 3.11 bits per heavy atom. The molecule has 4 nitrogen and oxygen atoms in total. The number of anilines is 2. The van der Waals surface area contributed by atoms with E-state index in [-0.39, 0.29) is 0 Å². The number of aromatic nitrogens is 2. The quantitative estimate of drug-likeness (QED) is 0.910. The monoisotopic (exact) mass is 274 g/mol. The fourth-order valence-electron chi connectivity index (χ4n) is 2.35. The molecule has 0 fully saturated rings. The predicted octanol–water partition coefficient (Wildman–Crippen LogP) is 2.92. The third kappa shape index (κ3) is 2.71. The van der Waals surface area contributed by atoms with Crippen molar-refractivity contribution >= 4 is 22.2 Å². The molecular weight excluding hydrogens is 256 g/mol. The number of nitrogens with zero attached hydrogens (tertiary/aromatic N) is 3. The van der Waals surface area contributed by atoms with Crippen LogP contribution in [0.15, 0.2) is 24.3 Å². The number of rotatable bonds is 5. The van der Waals surface area contributed by atoms with E-state index in [1.54, 1.807) is 11.3 Å². The van der Waals surface area contributed by atoms with E-state index in [2.05, 4.69) is 51.6 Å². The van der Waals surface area contributed by atoms with E-state index in [0.29, 0.717) is 0 Å². The zero-order chi connectivity index (χ0) is 13.1. The molecule has 0 aliphatic carbocycles. The van der Waals surface area contributed by atoms with E-state index in [1.165, 1.54) is 11.3 Å². The van der Waals surface area contributed by atoms with Gasteiger partial charge in [0.05, 0.1) is 6.54 Å². The molecule has 5 heteroatoms. The molecule has 1 N–H and O–H groups in total. The lowest BCUT2D eigenvalue weighted by Crippen LogP contribution is -2.19. The highest BCUT2D eigenvalue weighted by Crippen LogP contribution is 2.29. The number of nitrogens with one attached hydrogen (secondary N) is 1. The lowest BCUT2D eigenvalue weighted by molar-refractivity contribution is 0.816. The first-order valence-corrected chi connectivity index (χ1v) is 7.57. The Kier molecular flexibility index (Phi) is 3.64. The highest BCUT2D eigenvalue weighted by atomic mass is 32.1. The van der Waals surface area contributed by atoms with Crippen LogP contribution in [0.1, 0.15) is 23.9 Å². The van der Waals surface area contributed by atoms with Gasteiger partial charge in [0, 0.05) is 18.8 Å². The molecule has 0 radical (unpaired) electrons. The fourth-order valence-corrected chi connectivity index (χ4v) is 3.14. The lowest BCUT2D eigenvalue weighted by Gasteiger charge is -2.17. The Morgan fingerprint density at radius 2 is 2.21 bits per heavy atom. The second-order valence-electron chi connectivity index (χ2n) is 4.73. The molecule has 0 saturated carbocycles. The van der Waals surface area contributed by atoms with Crippen molar-refractivity contribution in [3.63, 3.8) is 0 Å². The molecule has 19 heavy (non-hydrogen) atoms. The maximum atomic E-state index is 4.27. The zero-order valence-corrected chi connectivity index (χ0v) is 11.9. The van der Waals surface area contributed by atoms with Gasteiger partial charge in [0.1, 0.15) is 5.01 Å². The first kappa shape index (κ1) is 12.4. The Hall–Kier alpha value is -1.62. The highest BCUT2D eigenvalue weighted by molar-refractivity contribution is 7.15. The molecular formula is C14H18N4S. The van der Waals surface area contributed by atoms with Crippen molar-refractivity contribution in [2.75, 3.05) is 23.3 Å². The average molecular weight is 274 g/mol. The summed E-state index contributed by atoms with van der Waals surface area (Å²) < 4.78 is 0. The van der Waals surface area contributed by atoms with Crippen LogP contribution in [0.25, 0.3) is 0 Å². The molecule has 1 aliphatic rings. The third-order valence-electron chi connectivity index (χ3n) is 3.30. The minimum Gasteiger partial charge on any atom is -0.364 e. The van der Waals surface area contributed by atoms with Gasteiger partial charge in [0.15, 0.2) is 0 Å². The van der Waals surface area contributed by atoms with Crippen LogP contribution in [-0.4, -0.2) is 23.3 Å². The van der Waals surface area contributed by atoms with Gasteiger partial charge in [0.2, 0.25) is 5.13 Å². The minimum atomic E-state index is 0.864. The van der Waals surface area contributed by atoms with E-state index >= 15 is 0 Å². The Balaban J connectivity index is 1.68. The van der Waals surface area contributed by atoms with E-state index < -0.39 is 0 Å². The molecule has 1 aromatic heterocycles. The van der Waals surface area contributed by atoms with Crippen LogP contribution in [0.2, 0.25) is 0 Å². The molecule has 0 amide bonds. The summed E-state index contributed by atoms with van der Waals surface area (Å²) in [5.74, 6) is 0. The van der Waals surface area contributed by atoms with Crippen molar-refractivity contribution in [1.82, 2.24) is 10.2 Å². The summed E-state index contributed by atoms with van der Waals surface area (Å²) >= 11 is 1.66. The van der Waals surface area contributed by atoms with Gasteiger partial charge < -0.3 is 10.2 Å². The Bertz CT molecular complexity index is 552. The predicted molar refractivity (Wildman–Crippen MR) is 79.9 cm³/mol. The Labute approximate surface area is 117 Å². The van der Waals surface area contributed by atoms with Crippen LogP contribution in [0, 0.1) is 0 Å². The van der Waals surface area contributed by atoms with Gasteiger partial charge >= 0.3 is 0 Å². The van der Waals surface area contributed by atoms with Gasteiger partial charge in [-0.05, 0) is 24.5 Å². The maximum Gasteiger partial charge on any atom is 0.205 e. The van der Waals surface area contributed by atoms with Crippen molar-refractivity contribution < 1.29 is 0 Å². The van der Waals surface area contributed by atoms with Crippen molar-refractivity contribution in [1.29, 1.82) is 0 Å². The molecule has 0 spiro atoms. The number of fused-ring (bicyclic) bond motifs is 1. The smallest absolute Gasteiger partial charge is 0.205 e. The summed E-state index contributed by atoms with van der Waals surface area (Å²) in [6.45, 7) is 5.05. The minimum absolute atomic E-state index is 0.864. The number of hydrogen-bond acceptors (Lipinski definition) is 5. The van der Waals surface area contributed by atoms with E-state index in [9.17, 15) is 0 Å². The summed E-state index contributed by atoms with van der Waals surface area (Å²) in [6.07, 6.45) is 2.24. The van der Waals surface area contributed by atoms with Gasteiger partial charge in [-0.25, -0.2) is 0 Å². The summed E-state index contributed by atoms with van der Waals surface area (Å²) in [7, 11) is 0. The molecule has 3 rings (SSSR count). The standard InChI is InChI=1S/C14H18N4S/c1-2-8-15-14-17-16-13(19-14)10-18-9-7-11-5-3-4-6-12(11)18/h3-6H,2,7-10H2,1H3,(H,15,17). The number of benzene rings is 1.